The zero-order valence-corrected chi connectivity index (χ0v) is 20.6. The van der Waals surface area contributed by atoms with Crippen LogP contribution in [0.1, 0.15) is 76.3 Å². The minimum absolute atomic E-state index is 0.192. The van der Waals surface area contributed by atoms with Crippen LogP contribution in [0.4, 0.5) is 8.78 Å². The topological polar surface area (TPSA) is 108 Å². The molecule has 0 amide bonds. The lowest BCUT2D eigenvalue weighted by Gasteiger charge is -2.15. The molecule has 194 valence electrons. The first-order chi connectivity index (χ1) is 16.8. The summed E-state index contributed by atoms with van der Waals surface area (Å²) < 4.78 is 38.5. The number of hydrogen-bond acceptors (Lipinski definition) is 7. The van der Waals surface area contributed by atoms with Crippen LogP contribution in [-0.2, 0) is 19.1 Å². The Kier molecular flexibility index (Phi) is 13.9. The third-order valence-corrected chi connectivity index (χ3v) is 4.87. The number of halogens is 2. The molecule has 0 aliphatic carbocycles. The standard InChI is InChI=1S/C13H17F2NO3.C12H17NO3/c1-3-5-10(12(17)18-4-2)9-6-7-16-11(8-9)19-13(14)15;1-3-5-10(12(15)16-4-2)9-6-7-13-11(14)8-9/h6-8,10,13H,3-5H2,1-2H3;6-8,10H,3-5H2,1-2H3,(H,13,14). The van der Waals surface area contributed by atoms with E-state index in [-0.39, 0.29) is 35.9 Å². The number of H-pyrrole nitrogens is 1. The monoisotopic (exact) mass is 496 g/mol. The van der Waals surface area contributed by atoms with E-state index in [2.05, 4.69) is 14.7 Å². The number of rotatable bonds is 12. The molecule has 8 nitrogen and oxygen atoms in total. The third kappa shape index (κ3) is 10.7. The summed E-state index contributed by atoms with van der Waals surface area (Å²) in [6.45, 7) is 5.14. The molecule has 2 atom stereocenters. The summed E-state index contributed by atoms with van der Waals surface area (Å²) in [5.74, 6) is -1.62. The molecule has 0 radical (unpaired) electrons. The number of ether oxygens (including phenoxy) is 3. The predicted molar refractivity (Wildman–Crippen MR) is 126 cm³/mol. The van der Waals surface area contributed by atoms with Gasteiger partial charge in [-0.3, -0.25) is 14.4 Å². The SMILES string of the molecule is CCCC(C(=O)OCC)c1cc[nH]c(=O)c1.CCCC(C(=O)OCC)c1ccnc(OC(F)F)c1. The molecule has 2 heterocycles. The summed E-state index contributed by atoms with van der Waals surface area (Å²) in [4.78, 5) is 40.9. The molecule has 10 heteroatoms. The molecule has 0 saturated carbocycles. The van der Waals surface area contributed by atoms with Crippen LogP contribution in [-0.4, -0.2) is 41.7 Å². The molecule has 2 rings (SSSR count). The van der Waals surface area contributed by atoms with Gasteiger partial charge in [-0.1, -0.05) is 26.7 Å². The highest BCUT2D eigenvalue weighted by molar-refractivity contribution is 5.78. The Hall–Kier alpha value is -3.30. The van der Waals surface area contributed by atoms with Crippen LogP contribution in [0.5, 0.6) is 5.88 Å². The van der Waals surface area contributed by atoms with Crippen molar-refractivity contribution in [1.29, 1.82) is 0 Å². The summed E-state index contributed by atoms with van der Waals surface area (Å²) in [6, 6.07) is 6.16. The number of carbonyl (C=O) groups is 2. The van der Waals surface area contributed by atoms with Crippen molar-refractivity contribution < 1.29 is 32.6 Å². The zero-order valence-electron chi connectivity index (χ0n) is 20.6. The lowest BCUT2D eigenvalue weighted by Crippen LogP contribution is -2.18. The normalized spacial score (nSPS) is 12.2. The number of pyridine rings is 2. The van der Waals surface area contributed by atoms with Gasteiger partial charge in [0, 0.05) is 24.5 Å². The number of alkyl halides is 2. The van der Waals surface area contributed by atoms with Gasteiger partial charge in [0.15, 0.2) is 0 Å². The van der Waals surface area contributed by atoms with Gasteiger partial charge in [-0.25, -0.2) is 4.98 Å². The van der Waals surface area contributed by atoms with Gasteiger partial charge in [0.2, 0.25) is 11.4 Å². The van der Waals surface area contributed by atoms with Crippen LogP contribution in [0, 0.1) is 0 Å². The van der Waals surface area contributed by atoms with Crippen molar-refractivity contribution in [2.24, 2.45) is 0 Å². The molecule has 0 fully saturated rings. The lowest BCUT2D eigenvalue weighted by atomic mass is 9.95. The van der Waals surface area contributed by atoms with Crippen LogP contribution >= 0.6 is 0 Å². The summed E-state index contributed by atoms with van der Waals surface area (Å²) in [5.41, 5.74) is 1.11. The number of carbonyl (C=O) groups excluding carboxylic acids is 2. The van der Waals surface area contributed by atoms with Crippen LogP contribution < -0.4 is 10.3 Å². The van der Waals surface area contributed by atoms with Crippen molar-refractivity contribution >= 4 is 11.9 Å². The molecule has 2 unspecified atom stereocenters. The van der Waals surface area contributed by atoms with Gasteiger partial charge in [0.25, 0.3) is 0 Å². The molecule has 1 N–H and O–H groups in total. The minimum Gasteiger partial charge on any atom is -0.466 e. The van der Waals surface area contributed by atoms with Gasteiger partial charge >= 0.3 is 18.6 Å². The van der Waals surface area contributed by atoms with Crippen LogP contribution in [0.15, 0.2) is 41.5 Å². The second kappa shape index (κ2) is 16.3. The Balaban J connectivity index is 0.000000355. The van der Waals surface area contributed by atoms with E-state index in [0.29, 0.717) is 25.0 Å². The Morgan fingerprint density at radius 2 is 1.46 bits per heavy atom. The van der Waals surface area contributed by atoms with Crippen molar-refractivity contribution in [2.75, 3.05) is 13.2 Å². The molecule has 0 aliphatic rings. The highest BCUT2D eigenvalue weighted by Crippen LogP contribution is 2.25. The fourth-order valence-electron chi connectivity index (χ4n) is 3.38. The number of nitrogens with zero attached hydrogens (tertiary/aromatic N) is 1. The highest BCUT2D eigenvalue weighted by atomic mass is 19.3. The van der Waals surface area contributed by atoms with Crippen molar-refractivity contribution in [2.45, 2.75) is 71.8 Å². The molecule has 0 aromatic carbocycles. The average Bonchev–Trinajstić information content (AvgIpc) is 2.81. The molecule has 2 aromatic rings. The van der Waals surface area contributed by atoms with Gasteiger partial charge in [-0.2, -0.15) is 8.78 Å². The number of aromatic amines is 1. The predicted octanol–water partition coefficient (Wildman–Crippen LogP) is 4.95. The van der Waals surface area contributed by atoms with Crippen LogP contribution in [0.25, 0.3) is 0 Å². The van der Waals surface area contributed by atoms with E-state index in [0.717, 1.165) is 18.4 Å². The molecule has 0 aliphatic heterocycles. The number of hydrogen-bond donors (Lipinski definition) is 1. The highest BCUT2D eigenvalue weighted by Gasteiger charge is 2.22. The van der Waals surface area contributed by atoms with E-state index in [1.807, 2.05) is 13.8 Å². The largest absolute Gasteiger partial charge is 0.466 e. The van der Waals surface area contributed by atoms with E-state index in [9.17, 15) is 23.2 Å². The Bertz CT molecular complexity index is 967. The van der Waals surface area contributed by atoms with Crippen LogP contribution in [0.2, 0.25) is 0 Å². The smallest absolute Gasteiger partial charge is 0.388 e. The quantitative estimate of drug-likeness (QED) is 0.414. The van der Waals surface area contributed by atoms with Gasteiger partial charge in [-0.05, 0) is 49.9 Å². The van der Waals surface area contributed by atoms with E-state index in [4.69, 9.17) is 9.47 Å². The molecular weight excluding hydrogens is 462 g/mol. The number of nitrogens with one attached hydrogen (secondary N) is 1. The molecular formula is C25H34F2N2O6. The summed E-state index contributed by atoms with van der Waals surface area (Å²) in [7, 11) is 0. The van der Waals surface area contributed by atoms with Gasteiger partial charge < -0.3 is 19.2 Å². The van der Waals surface area contributed by atoms with Crippen molar-refractivity contribution in [3.8, 4) is 5.88 Å². The maximum atomic E-state index is 12.1. The van der Waals surface area contributed by atoms with Crippen molar-refractivity contribution in [3.63, 3.8) is 0 Å². The van der Waals surface area contributed by atoms with Crippen LogP contribution in [0.3, 0.4) is 0 Å². The second-order valence-electron chi connectivity index (χ2n) is 7.48. The Labute approximate surface area is 204 Å². The first-order valence-electron chi connectivity index (χ1n) is 11.7. The van der Waals surface area contributed by atoms with E-state index < -0.39 is 12.5 Å². The third-order valence-electron chi connectivity index (χ3n) is 4.87. The van der Waals surface area contributed by atoms with E-state index in [1.165, 1.54) is 18.3 Å². The fourth-order valence-corrected chi connectivity index (χ4v) is 3.38. The summed E-state index contributed by atoms with van der Waals surface area (Å²) >= 11 is 0. The number of esters is 2. The molecule has 35 heavy (non-hydrogen) atoms. The molecule has 2 aromatic heterocycles. The average molecular weight is 497 g/mol. The minimum atomic E-state index is -2.94. The van der Waals surface area contributed by atoms with E-state index in [1.54, 1.807) is 32.2 Å². The van der Waals surface area contributed by atoms with Gasteiger partial charge in [0.05, 0.1) is 25.0 Å². The fraction of sp³-hybridized carbons (Fsp3) is 0.520. The first-order valence-corrected chi connectivity index (χ1v) is 11.7. The second-order valence-corrected chi connectivity index (χ2v) is 7.48. The van der Waals surface area contributed by atoms with Crippen molar-refractivity contribution in [1.82, 2.24) is 9.97 Å². The maximum absolute atomic E-state index is 12.1. The molecule has 0 spiro atoms. The van der Waals surface area contributed by atoms with Gasteiger partial charge in [-0.15, -0.1) is 0 Å². The summed E-state index contributed by atoms with van der Waals surface area (Å²) in [5, 5.41) is 0. The first kappa shape index (κ1) is 29.7. The molecule has 0 bridgehead atoms. The maximum Gasteiger partial charge on any atom is 0.388 e. The van der Waals surface area contributed by atoms with Gasteiger partial charge in [0.1, 0.15) is 0 Å². The van der Waals surface area contributed by atoms with E-state index >= 15 is 0 Å². The Morgan fingerprint density at radius 3 is 1.91 bits per heavy atom. The zero-order chi connectivity index (χ0) is 26.2. The molecule has 0 saturated heterocycles. The number of aromatic nitrogens is 2. The van der Waals surface area contributed by atoms with Crippen molar-refractivity contribution in [3.05, 3.63) is 58.1 Å². The summed E-state index contributed by atoms with van der Waals surface area (Å²) in [6.07, 6.45) is 5.82. The lowest BCUT2D eigenvalue weighted by molar-refractivity contribution is -0.146. The Morgan fingerprint density at radius 1 is 0.914 bits per heavy atom.